The molecule has 0 bridgehead atoms. The van der Waals surface area contributed by atoms with Crippen LogP contribution in [-0.4, -0.2) is 61.1 Å². The third kappa shape index (κ3) is 8.40. The van der Waals surface area contributed by atoms with Gasteiger partial charge in [-0.25, -0.2) is 13.6 Å². The van der Waals surface area contributed by atoms with E-state index in [0.29, 0.717) is 22.4 Å². The molecule has 0 aliphatic rings. The molecule has 0 saturated carbocycles. The topological polar surface area (TPSA) is 213 Å². The number of nitrogens with one attached hydrogen (secondary N) is 1. The molecule has 0 spiro atoms. The van der Waals surface area contributed by atoms with Crippen LogP contribution in [0.15, 0.2) is 97.8 Å². The van der Waals surface area contributed by atoms with Crippen molar-refractivity contribution in [2.75, 3.05) is 0 Å². The van der Waals surface area contributed by atoms with Gasteiger partial charge >= 0.3 is 6.09 Å². The average molecular weight is 807 g/mol. The van der Waals surface area contributed by atoms with Crippen LogP contribution in [0.4, 0.5) is 25.0 Å². The number of nitro benzene ring substituents is 2. The Morgan fingerprint density at radius 2 is 1.20 bits per heavy atom. The molecule has 0 aliphatic carbocycles. The van der Waals surface area contributed by atoms with Gasteiger partial charge in [-0.3, -0.25) is 34.7 Å². The highest BCUT2D eigenvalue weighted by Gasteiger charge is 2.22. The van der Waals surface area contributed by atoms with Gasteiger partial charge in [0.1, 0.15) is 17.1 Å². The van der Waals surface area contributed by atoms with E-state index in [-0.39, 0.29) is 28.6 Å². The smallest absolute Gasteiger partial charge is 0.435 e. The molecule has 4 aromatic heterocycles. The zero-order chi connectivity index (χ0) is 42.2. The van der Waals surface area contributed by atoms with E-state index in [0.717, 1.165) is 50.3 Å². The number of rotatable bonds is 8. The number of non-ortho nitro benzene ring substituents is 2. The van der Waals surface area contributed by atoms with Gasteiger partial charge in [0.15, 0.2) is 23.1 Å². The molecule has 8 aromatic rings. The molecular weight excluding hydrogens is 774 g/mol. The van der Waals surface area contributed by atoms with Crippen LogP contribution in [0.25, 0.3) is 44.1 Å². The highest BCUT2D eigenvalue weighted by molar-refractivity contribution is 5.89. The number of hydrogen-bond donors (Lipinski definition) is 1. The Morgan fingerprint density at radius 1 is 0.695 bits per heavy atom. The monoisotopic (exact) mass is 806 g/mol. The number of nitro groups is 2. The summed E-state index contributed by atoms with van der Waals surface area (Å²) in [6, 6.07) is 13.4. The van der Waals surface area contributed by atoms with Crippen molar-refractivity contribution in [1.29, 1.82) is 0 Å². The zero-order valence-electron chi connectivity index (χ0n) is 31.8. The lowest BCUT2D eigenvalue weighted by atomic mass is 10.1. The number of nitrogens with zero attached hydrogens (tertiary/aromatic N) is 9. The van der Waals surface area contributed by atoms with Crippen molar-refractivity contribution < 1.29 is 37.6 Å². The molecule has 0 unspecified atom stereocenters. The maximum absolute atomic E-state index is 14.5. The zero-order valence-corrected chi connectivity index (χ0v) is 31.8. The van der Waals surface area contributed by atoms with Crippen molar-refractivity contribution in [3.63, 3.8) is 0 Å². The highest BCUT2D eigenvalue weighted by atomic mass is 19.1. The Hall–Kier alpha value is -8.03. The first-order valence-electron chi connectivity index (χ1n) is 17.5. The molecule has 20 heteroatoms. The number of H-pyrrole nitrogens is 1. The maximum Gasteiger partial charge on any atom is 0.435 e. The maximum atomic E-state index is 14.5. The van der Waals surface area contributed by atoms with E-state index in [1.165, 1.54) is 30.6 Å². The number of aromatic nitrogens is 8. The van der Waals surface area contributed by atoms with E-state index < -0.39 is 33.2 Å². The number of carbonyl (C=O) groups is 1. The number of fused-ring (bicyclic) bond motifs is 2. The lowest BCUT2D eigenvalue weighted by Gasteiger charge is -2.18. The number of aromatic amines is 1. The first kappa shape index (κ1) is 39.2. The minimum atomic E-state index is -0.883. The molecule has 1 N–H and O–H groups in total. The minimum Gasteiger partial charge on any atom is -0.454 e. The normalized spacial score (nSPS) is 11.3. The molecule has 18 nitrogen and oxygen atoms in total. The Bertz CT molecular complexity index is 2900. The SMILES string of the molecule is Cn1ncc2cc(Oc3ccc([N+](=O)[O-])cc3F)c(-c3cn[nH]c3)cc21.Cn1ncc2cc(Oc3ccc([N+](=O)[O-])cc3F)c(-c3cnn(C(=O)OC(C)(C)C)c3)cc21. The van der Waals surface area contributed by atoms with E-state index >= 15 is 0 Å². The Balaban J connectivity index is 0.000000184. The molecule has 0 saturated heterocycles. The number of carbonyl (C=O) groups excluding carboxylic acids is 1. The molecule has 0 aliphatic heterocycles. The fourth-order valence-corrected chi connectivity index (χ4v) is 5.86. The molecule has 59 heavy (non-hydrogen) atoms. The first-order chi connectivity index (χ1) is 28.0. The van der Waals surface area contributed by atoms with Crippen LogP contribution in [-0.2, 0) is 18.8 Å². The summed E-state index contributed by atoms with van der Waals surface area (Å²) in [5, 5.41) is 42.4. The second-order valence-corrected chi connectivity index (χ2v) is 13.9. The van der Waals surface area contributed by atoms with E-state index in [4.69, 9.17) is 14.2 Å². The highest BCUT2D eigenvalue weighted by Crippen LogP contribution is 2.39. The van der Waals surface area contributed by atoms with Crippen LogP contribution in [0.2, 0.25) is 0 Å². The number of ether oxygens (including phenoxy) is 3. The number of aryl methyl sites for hydroxylation is 2. The van der Waals surface area contributed by atoms with Crippen LogP contribution in [0, 0.1) is 31.9 Å². The van der Waals surface area contributed by atoms with E-state index in [2.05, 4.69) is 25.5 Å². The fraction of sp³-hybridized carbons (Fsp3) is 0.154. The van der Waals surface area contributed by atoms with Crippen molar-refractivity contribution in [3.8, 4) is 45.3 Å². The van der Waals surface area contributed by atoms with Gasteiger partial charge in [0.25, 0.3) is 11.4 Å². The van der Waals surface area contributed by atoms with Gasteiger partial charge in [0.2, 0.25) is 0 Å². The standard InChI is InChI=1S/C22H20FN5O5.C17H12FN5O3/c1-22(2,3)33-21(29)27-12-14(11-25-27)16-9-18-13(10-24-26(18)4)7-20(16)32-19-6-5-15(28(30)31)8-17(19)23;1-22-15-6-13(11-7-19-20-8-11)17(4-10(15)9-21-22)26-16-3-2-12(23(24)25)5-14(16)18/h5-12H,1-4H3;2-9H,1H3,(H,19,20). The second kappa shape index (κ2) is 15.5. The first-order valence-corrected chi connectivity index (χ1v) is 17.5. The number of hydrogen-bond acceptors (Lipinski definition) is 12. The van der Waals surface area contributed by atoms with Crippen molar-refractivity contribution >= 4 is 39.3 Å². The summed E-state index contributed by atoms with van der Waals surface area (Å²) in [7, 11) is 3.59. The number of benzene rings is 4. The van der Waals surface area contributed by atoms with E-state index in [1.54, 1.807) is 80.2 Å². The predicted molar refractivity (Wildman–Crippen MR) is 208 cm³/mol. The average Bonchev–Trinajstić information content (AvgIpc) is 4.01. The Morgan fingerprint density at radius 3 is 1.64 bits per heavy atom. The Kier molecular flexibility index (Phi) is 10.3. The molecular formula is C39H32F2N10O8. The molecule has 0 amide bonds. The van der Waals surface area contributed by atoms with Crippen LogP contribution >= 0.6 is 0 Å². The third-order valence-corrected chi connectivity index (χ3v) is 8.67. The van der Waals surface area contributed by atoms with Crippen LogP contribution in [0.5, 0.6) is 23.0 Å². The van der Waals surface area contributed by atoms with Gasteiger partial charge in [-0.15, -0.1) is 0 Å². The van der Waals surface area contributed by atoms with Crippen LogP contribution < -0.4 is 9.47 Å². The van der Waals surface area contributed by atoms with Crippen LogP contribution in [0.3, 0.4) is 0 Å². The van der Waals surface area contributed by atoms with E-state index in [1.807, 2.05) is 13.1 Å². The summed E-state index contributed by atoms with van der Waals surface area (Å²) in [4.78, 5) is 32.7. The van der Waals surface area contributed by atoms with E-state index in [9.17, 15) is 33.8 Å². The van der Waals surface area contributed by atoms with Crippen LogP contribution in [0.1, 0.15) is 20.8 Å². The van der Waals surface area contributed by atoms with Gasteiger partial charge in [-0.1, -0.05) is 0 Å². The molecule has 4 aromatic carbocycles. The van der Waals surface area contributed by atoms with Crippen molar-refractivity contribution in [2.24, 2.45) is 14.1 Å². The molecule has 4 heterocycles. The second-order valence-electron chi connectivity index (χ2n) is 13.9. The largest absolute Gasteiger partial charge is 0.454 e. The van der Waals surface area contributed by atoms with Gasteiger partial charge < -0.3 is 14.2 Å². The molecule has 0 atom stereocenters. The third-order valence-electron chi connectivity index (χ3n) is 8.67. The number of halogens is 2. The lowest BCUT2D eigenvalue weighted by molar-refractivity contribution is -0.385. The summed E-state index contributed by atoms with van der Waals surface area (Å²) < 4.78 is 50.0. The summed E-state index contributed by atoms with van der Waals surface area (Å²) in [5.41, 5.74) is 2.69. The summed E-state index contributed by atoms with van der Waals surface area (Å²) >= 11 is 0. The Labute approximate surface area is 331 Å². The van der Waals surface area contributed by atoms with Gasteiger partial charge in [-0.2, -0.15) is 25.1 Å². The molecule has 0 fully saturated rings. The molecule has 0 radical (unpaired) electrons. The molecule has 300 valence electrons. The van der Waals surface area contributed by atoms with Crippen molar-refractivity contribution in [1.82, 2.24) is 39.5 Å². The van der Waals surface area contributed by atoms with Gasteiger partial charge in [0.05, 0.1) is 57.8 Å². The van der Waals surface area contributed by atoms with Crippen molar-refractivity contribution in [3.05, 3.63) is 130 Å². The predicted octanol–water partition coefficient (Wildman–Crippen LogP) is 8.86. The summed E-state index contributed by atoms with van der Waals surface area (Å²) in [6.45, 7) is 5.24. The summed E-state index contributed by atoms with van der Waals surface area (Å²) in [5.74, 6) is -1.35. The van der Waals surface area contributed by atoms with Gasteiger partial charge in [0, 0.05) is 71.6 Å². The summed E-state index contributed by atoms with van der Waals surface area (Å²) in [6.07, 6.45) is 8.90. The quantitative estimate of drug-likeness (QED) is 0.113. The molecule has 8 rings (SSSR count). The fourth-order valence-electron chi connectivity index (χ4n) is 5.86. The van der Waals surface area contributed by atoms with Crippen molar-refractivity contribution in [2.45, 2.75) is 26.4 Å². The lowest BCUT2D eigenvalue weighted by Crippen LogP contribution is -2.27. The minimum absolute atomic E-state index is 0.108. The van der Waals surface area contributed by atoms with Gasteiger partial charge in [-0.05, 0) is 57.2 Å².